The maximum absolute atomic E-state index is 11.5. The zero-order chi connectivity index (χ0) is 9.26. The van der Waals surface area contributed by atoms with E-state index in [2.05, 4.69) is 0 Å². The molecule has 2 fully saturated rings. The van der Waals surface area contributed by atoms with Crippen molar-refractivity contribution in [3.8, 4) is 0 Å². The molecular formula is C10H17NO2. The third-order valence-electron chi connectivity index (χ3n) is 3.11. The van der Waals surface area contributed by atoms with Crippen molar-refractivity contribution in [3.05, 3.63) is 0 Å². The van der Waals surface area contributed by atoms with Crippen molar-refractivity contribution in [1.29, 1.82) is 0 Å². The van der Waals surface area contributed by atoms with Crippen molar-refractivity contribution in [2.24, 2.45) is 5.92 Å². The fraction of sp³-hybridized carbons (Fsp3) is 0.900. The lowest BCUT2D eigenvalue weighted by Crippen LogP contribution is -2.46. The van der Waals surface area contributed by atoms with Gasteiger partial charge >= 0.3 is 0 Å². The summed E-state index contributed by atoms with van der Waals surface area (Å²) in [4.78, 5) is 13.4. The molecule has 1 atom stereocenters. The molecule has 1 aliphatic heterocycles. The minimum absolute atomic E-state index is 0.132. The molecule has 3 nitrogen and oxygen atoms in total. The number of aliphatic hydroxyl groups is 1. The molecule has 74 valence electrons. The smallest absolute Gasteiger partial charge is 0.222 e. The van der Waals surface area contributed by atoms with Gasteiger partial charge < -0.3 is 10.0 Å². The average molecular weight is 183 g/mol. The van der Waals surface area contributed by atoms with Crippen LogP contribution in [0.3, 0.4) is 0 Å². The maximum Gasteiger partial charge on any atom is 0.222 e. The van der Waals surface area contributed by atoms with Gasteiger partial charge in [-0.15, -0.1) is 0 Å². The van der Waals surface area contributed by atoms with Crippen molar-refractivity contribution < 1.29 is 9.90 Å². The lowest BCUT2D eigenvalue weighted by molar-refractivity contribution is -0.137. The molecule has 0 aromatic rings. The molecule has 0 radical (unpaired) electrons. The van der Waals surface area contributed by atoms with E-state index in [1.165, 1.54) is 12.8 Å². The molecule has 1 aliphatic carbocycles. The highest BCUT2D eigenvalue weighted by atomic mass is 16.3. The molecule has 1 N–H and O–H groups in total. The van der Waals surface area contributed by atoms with Crippen LogP contribution in [-0.4, -0.2) is 35.1 Å². The molecule has 3 heteroatoms. The highest BCUT2D eigenvalue weighted by Gasteiger charge is 2.37. The van der Waals surface area contributed by atoms with Crippen LogP contribution in [-0.2, 0) is 4.79 Å². The van der Waals surface area contributed by atoms with E-state index < -0.39 is 0 Å². The molecule has 2 rings (SSSR count). The number of amides is 1. The molecular weight excluding hydrogens is 166 g/mol. The van der Waals surface area contributed by atoms with Crippen molar-refractivity contribution in [3.63, 3.8) is 0 Å². The van der Waals surface area contributed by atoms with Gasteiger partial charge in [0.2, 0.25) is 5.91 Å². The number of carbonyl (C=O) groups is 1. The van der Waals surface area contributed by atoms with E-state index in [4.69, 9.17) is 0 Å². The predicted molar refractivity (Wildman–Crippen MR) is 49.2 cm³/mol. The number of piperidine rings is 1. The van der Waals surface area contributed by atoms with Crippen LogP contribution >= 0.6 is 0 Å². The summed E-state index contributed by atoms with van der Waals surface area (Å²) in [5, 5.41) is 9.21. The first kappa shape index (κ1) is 9.00. The monoisotopic (exact) mass is 183 g/mol. The third-order valence-corrected chi connectivity index (χ3v) is 3.11. The lowest BCUT2D eigenvalue weighted by Gasteiger charge is -2.33. The van der Waals surface area contributed by atoms with Gasteiger partial charge in [-0.05, 0) is 31.6 Å². The summed E-state index contributed by atoms with van der Waals surface area (Å²) in [5.74, 6) is 0.837. The molecule has 2 aliphatic rings. The fourth-order valence-corrected chi connectivity index (χ4v) is 2.16. The Morgan fingerprint density at radius 3 is 2.77 bits per heavy atom. The number of nitrogens with zero attached hydrogens (tertiary/aromatic N) is 1. The summed E-state index contributed by atoms with van der Waals surface area (Å²) in [5.41, 5.74) is 0. The molecule has 0 aromatic carbocycles. The van der Waals surface area contributed by atoms with Gasteiger partial charge in [0.25, 0.3) is 0 Å². The quantitative estimate of drug-likeness (QED) is 0.702. The van der Waals surface area contributed by atoms with E-state index in [1.54, 1.807) is 0 Å². The van der Waals surface area contributed by atoms with E-state index in [0.29, 0.717) is 12.3 Å². The molecule has 1 saturated heterocycles. The van der Waals surface area contributed by atoms with Gasteiger partial charge in [-0.3, -0.25) is 4.79 Å². The zero-order valence-corrected chi connectivity index (χ0v) is 7.91. The summed E-state index contributed by atoms with van der Waals surface area (Å²) in [6, 6.07) is 0.132. The number of likely N-dealkylation sites (tertiary alicyclic amines) is 1. The van der Waals surface area contributed by atoms with E-state index in [9.17, 15) is 9.90 Å². The summed E-state index contributed by atoms with van der Waals surface area (Å²) in [6.07, 6.45) is 5.19. The first-order valence-electron chi connectivity index (χ1n) is 5.23. The lowest BCUT2D eigenvalue weighted by atomic mass is 10.1. The van der Waals surface area contributed by atoms with Gasteiger partial charge in [-0.1, -0.05) is 0 Å². The highest BCUT2D eigenvalue weighted by molar-refractivity contribution is 5.77. The zero-order valence-electron chi connectivity index (χ0n) is 7.91. The second-order valence-electron chi connectivity index (χ2n) is 4.13. The molecule has 1 heterocycles. The van der Waals surface area contributed by atoms with Crippen molar-refractivity contribution in [2.45, 2.75) is 38.1 Å². The van der Waals surface area contributed by atoms with Crippen molar-refractivity contribution >= 4 is 5.91 Å². The van der Waals surface area contributed by atoms with Crippen LogP contribution in [0.1, 0.15) is 32.1 Å². The Morgan fingerprint density at radius 2 is 2.23 bits per heavy atom. The van der Waals surface area contributed by atoms with Gasteiger partial charge in [-0.25, -0.2) is 0 Å². The third kappa shape index (κ3) is 1.85. The standard InChI is InChI=1S/C10H17NO2/c12-7-9(8-4-5-8)11-6-2-1-3-10(11)13/h8-9,12H,1-7H2/t9-/m1/s1. The predicted octanol–water partition coefficient (Wildman–Crippen LogP) is 0.770. The SMILES string of the molecule is O=C1CCCCN1[C@H](CO)C1CC1. The van der Waals surface area contributed by atoms with Gasteiger partial charge in [0.15, 0.2) is 0 Å². The minimum Gasteiger partial charge on any atom is -0.394 e. The molecule has 1 amide bonds. The number of rotatable bonds is 3. The molecule has 0 unspecified atom stereocenters. The van der Waals surface area contributed by atoms with Crippen LogP contribution in [0.4, 0.5) is 0 Å². The molecule has 0 spiro atoms. The number of carbonyl (C=O) groups excluding carboxylic acids is 1. The number of hydrogen-bond donors (Lipinski definition) is 1. The Balaban J connectivity index is 1.98. The van der Waals surface area contributed by atoms with Crippen molar-refractivity contribution in [1.82, 2.24) is 4.90 Å². The van der Waals surface area contributed by atoms with Gasteiger partial charge in [0.05, 0.1) is 12.6 Å². The van der Waals surface area contributed by atoms with Crippen molar-refractivity contribution in [2.75, 3.05) is 13.2 Å². The summed E-state index contributed by atoms with van der Waals surface area (Å²) < 4.78 is 0. The molecule has 0 bridgehead atoms. The Labute approximate surface area is 78.7 Å². The van der Waals surface area contributed by atoms with Crippen LogP contribution < -0.4 is 0 Å². The average Bonchev–Trinajstić information content (AvgIpc) is 2.93. The van der Waals surface area contributed by atoms with E-state index in [0.717, 1.165) is 19.4 Å². The fourth-order valence-electron chi connectivity index (χ4n) is 2.16. The summed E-state index contributed by atoms with van der Waals surface area (Å²) in [6.45, 7) is 1.01. The molecule has 1 saturated carbocycles. The Kier molecular flexibility index (Phi) is 2.54. The molecule has 0 aromatic heterocycles. The van der Waals surface area contributed by atoms with E-state index in [-0.39, 0.29) is 18.6 Å². The maximum atomic E-state index is 11.5. The van der Waals surface area contributed by atoms with Gasteiger partial charge in [0, 0.05) is 13.0 Å². The Morgan fingerprint density at radius 1 is 1.46 bits per heavy atom. The van der Waals surface area contributed by atoms with E-state index >= 15 is 0 Å². The number of hydrogen-bond acceptors (Lipinski definition) is 2. The van der Waals surface area contributed by atoms with Gasteiger partial charge in [0.1, 0.15) is 0 Å². The van der Waals surface area contributed by atoms with Crippen LogP contribution in [0.15, 0.2) is 0 Å². The van der Waals surface area contributed by atoms with Crippen LogP contribution in [0.2, 0.25) is 0 Å². The largest absolute Gasteiger partial charge is 0.394 e. The van der Waals surface area contributed by atoms with Crippen LogP contribution in [0, 0.1) is 5.92 Å². The summed E-state index contributed by atoms with van der Waals surface area (Å²) >= 11 is 0. The second kappa shape index (κ2) is 3.66. The summed E-state index contributed by atoms with van der Waals surface area (Å²) in [7, 11) is 0. The number of aliphatic hydroxyl groups excluding tert-OH is 1. The highest BCUT2D eigenvalue weighted by Crippen LogP contribution is 2.36. The second-order valence-corrected chi connectivity index (χ2v) is 4.13. The molecule has 13 heavy (non-hydrogen) atoms. The normalized spacial score (nSPS) is 26.2. The van der Waals surface area contributed by atoms with Gasteiger partial charge in [-0.2, -0.15) is 0 Å². The first-order chi connectivity index (χ1) is 6.33. The van der Waals surface area contributed by atoms with Crippen LogP contribution in [0.25, 0.3) is 0 Å². The Bertz CT molecular complexity index is 201. The minimum atomic E-state index is 0.132. The topological polar surface area (TPSA) is 40.5 Å². The first-order valence-corrected chi connectivity index (χ1v) is 5.23. The Hall–Kier alpha value is -0.570. The van der Waals surface area contributed by atoms with E-state index in [1.807, 2.05) is 4.90 Å². The van der Waals surface area contributed by atoms with Crippen LogP contribution in [0.5, 0.6) is 0 Å².